The molecule has 214 valence electrons. The van der Waals surface area contributed by atoms with Crippen LogP contribution >= 0.6 is 11.8 Å². The van der Waals surface area contributed by atoms with Crippen LogP contribution in [0.5, 0.6) is 17.2 Å². The van der Waals surface area contributed by atoms with Gasteiger partial charge in [0.25, 0.3) is 5.91 Å². The molecule has 2 N–H and O–H groups in total. The van der Waals surface area contributed by atoms with Crippen molar-refractivity contribution in [2.45, 2.75) is 43.5 Å². The van der Waals surface area contributed by atoms with E-state index in [4.69, 9.17) is 19.2 Å². The minimum atomic E-state index is -0.00794. The van der Waals surface area contributed by atoms with Gasteiger partial charge in [0.05, 0.1) is 23.2 Å². The van der Waals surface area contributed by atoms with Crippen LogP contribution in [0.1, 0.15) is 41.6 Å². The molecule has 9 heteroatoms. The number of rotatable bonds is 10. The van der Waals surface area contributed by atoms with Crippen LogP contribution in [0.25, 0.3) is 16.7 Å². The third kappa shape index (κ3) is 6.16. The normalized spacial score (nSPS) is 15.6. The summed E-state index contributed by atoms with van der Waals surface area (Å²) in [4.78, 5) is 18.5. The van der Waals surface area contributed by atoms with Crippen molar-refractivity contribution in [2.24, 2.45) is 5.92 Å². The molecule has 1 aliphatic heterocycles. The van der Waals surface area contributed by atoms with Crippen molar-refractivity contribution >= 4 is 34.4 Å². The van der Waals surface area contributed by atoms with E-state index < -0.39 is 0 Å². The zero-order valence-corrected chi connectivity index (χ0v) is 24.6. The highest BCUT2D eigenvalue weighted by Gasteiger charge is 2.24. The van der Waals surface area contributed by atoms with Gasteiger partial charge in [-0.15, -0.1) is 11.8 Å². The molecule has 4 aromatic rings. The molecule has 8 nitrogen and oxygen atoms in total. The average molecular weight is 573 g/mol. The van der Waals surface area contributed by atoms with Crippen molar-refractivity contribution in [3.05, 3.63) is 66.0 Å². The molecule has 41 heavy (non-hydrogen) atoms. The van der Waals surface area contributed by atoms with Gasteiger partial charge in [0.1, 0.15) is 29.1 Å². The first kappa shape index (κ1) is 27.5. The van der Waals surface area contributed by atoms with Gasteiger partial charge >= 0.3 is 0 Å². The molecule has 0 spiro atoms. The first-order valence-electron chi connectivity index (χ1n) is 14.2. The molecular weight excluding hydrogens is 536 g/mol. The zero-order chi connectivity index (χ0) is 28.3. The summed E-state index contributed by atoms with van der Waals surface area (Å²) in [7, 11) is 1.68. The van der Waals surface area contributed by atoms with E-state index in [1.807, 2.05) is 68.0 Å². The summed E-state index contributed by atoms with van der Waals surface area (Å²) in [6, 6.07) is 16.1. The van der Waals surface area contributed by atoms with Gasteiger partial charge in [-0.2, -0.15) is 0 Å². The summed E-state index contributed by atoms with van der Waals surface area (Å²) in [5.41, 5.74) is 5.29. The Morgan fingerprint density at radius 2 is 1.90 bits per heavy atom. The lowest BCUT2D eigenvalue weighted by Gasteiger charge is -2.23. The number of ether oxygens (including phenoxy) is 3. The van der Waals surface area contributed by atoms with Crippen LogP contribution in [0.3, 0.4) is 0 Å². The molecular formula is C32H36N4O4S. The number of thioether (sulfide) groups is 1. The Morgan fingerprint density at radius 3 is 2.63 bits per heavy atom. The number of hydrogen-bond acceptors (Lipinski definition) is 7. The van der Waals surface area contributed by atoms with Crippen molar-refractivity contribution in [3.8, 4) is 22.9 Å². The van der Waals surface area contributed by atoms with Crippen molar-refractivity contribution in [1.29, 1.82) is 0 Å². The number of anilines is 1. The summed E-state index contributed by atoms with van der Waals surface area (Å²) in [5.74, 6) is 2.81. The quantitative estimate of drug-likeness (QED) is 0.207. The van der Waals surface area contributed by atoms with Crippen LogP contribution in [-0.2, 0) is 4.74 Å². The van der Waals surface area contributed by atoms with Gasteiger partial charge in [-0.25, -0.2) is 4.98 Å². The Balaban J connectivity index is 1.35. The fourth-order valence-electron chi connectivity index (χ4n) is 5.25. The largest absolute Gasteiger partial charge is 0.496 e. The molecule has 1 aliphatic carbocycles. The molecule has 0 bridgehead atoms. The van der Waals surface area contributed by atoms with E-state index in [0.29, 0.717) is 23.3 Å². The monoisotopic (exact) mass is 572 g/mol. The van der Waals surface area contributed by atoms with E-state index >= 15 is 0 Å². The van der Waals surface area contributed by atoms with Crippen LogP contribution in [0, 0.1) is 12.8 Å². The Kier molecular flexibility index (Phi) is 8.07. The Bertz CT molecular complexity index is 1560. The third-order valence-electron chi connectivity index (χ3n) is 7.78. The number of methoxy groups -OCH3 is 1. The maximum atomic E-state index is 12.7. The number of aryl methyl sites for hydroxylation is 1. The highest BCUT2D eigenvalue weighted by molar-refractivity contribution is 7.98. The van der Waals surface area contributed by atoms with E-state index in [1.165, 1.54) is 0 Å². The van der Waals surface area contributed by atoms with E-state index in [1.54, 1.807) is 18.9 Å². The standard InChI is InChI=1S/C32H36N4O4S/c1-20-14-23(6-8-26(20)32(37)35-22-4-5-22)36-19-34-31-27(33-18-21-10-12-39-13-11-21)15-25(16-28(31)36)40-24-7-9-29(38-2)30(17-24)41-3/h6-9,14-17,19,21-22,33H,4-5,10-13,18H2,1-3H3,(H,35,37). The number of carbonyl (C=O) groups is 1. The van der Waals surface area contributed by atoms with Crippen LogP contribution in [0.2, 0.25) is 0 Å². The number of amides is 1. The van der Waals surface area contributed by atoms with Gasteiger partial charge in [0, 0.05) is 49.2 Å². The fraction of sp³-hybridized carbons (Fsp3) is 0.375. The second-order valence-electron chi connectivity index (χ2n) is 10.8. The number of fused-ring (bicyclic) bond motifs is 1. The summed E-state index contributed by atoms with van der Waals surface area (Å²) in [5, 5.41) is 6.75. The zero-order valence-electron chi connectivity index (χ0n) is 23.7. The lowest BCUT2D eigenvalue weighted by molar-refractivity contribution is 0.0699. The predicted molar refractivity (Wildman–Crippen MR) is 163 cm³/mol. The molecule has 2 aliphatic rings. The lowest BCUT2D eigenvalue weighted by Crippen LogP contribution is -2.26. The highest BCUT2D eigenvalue weighted by Crippen LogP contribution is 2.36. The van der Waals surface area contributed by atoms with Crippen LogP contribution in [-0.4, -0.2) is 54.6 Å². The minimum Gasteiger partial charge on any atom is -0.496 e. The molecule has 2 fully saturated rings. The summed E-state index contributed by atoms with van der Waals surface area (Å²) in [6.07, 6.45) is 8.08. The highest BCUT2D eigenvalue weighted by atomic mass is 32.2. The van der Waals surface area contributed by atoms with Crippen LogP contribution in [0.4, 0.5) is 5.69 Å². The molecule has 3 aromatic carbocycles. The SMILES string of the molecule is COc1ccc(Oc2cc(NCC3CCOCC3)c3ncn(-c4ccc(C(=O)NC5CC5)c(C)c4)c3c2)cc1SC. The number of imidazole rings is 1. The number of carbonyl (C=O) groups excluding carboxylic acids is 1. The number of aromatic nitrogens is 2. The summed E-state index contributed by atoms with van der Waals surface area (Å²) < 4.78 is 19.5. The smallest absolute Gasteiger partial charge is 0.251 e. The Morgan fingerprint density at radius 1 is 1.07 bits per heavy atom. The molecule has 0 radical (unpaired) electrons. The van der Waals surface area contributed by atoms with Crippen LogP contribution in [0.15, 0.2) is 59.8 Å². The lowest BCUT2D eigenvalue weighted by atomic mass is 10.0. The average Bonchev–Trinajstić information content (AvgIpc) is 3.71. The number of nitrogens with one attached hydrogen (secondary N) is 2. The Hall–Kier alpha value is -3.69. The second kappa shape index (κ2) is 12.0. The first-order valence-corrected chi connectivity index (χ1v) is 15.4. The molecule has 0 unspecified atom stereocenters. The molecule has 0 atom stereocenters. The van der Waals surface area contributed by atoms with E-state index in [9.17, 15) is 4.79 Å². The Labute approximate surface area is 244 Å². The van der Waals surface area contributed by atoms with Gasteiger partial charge in [-0.05, 0) is 86.7 Å². The maximum absolute atomic E-state index is 12.7. The molecule has 2 heterocycles. The molecule has 6 rings (SSSR count). The van der Waals surface area contributed by atoms with Gasteiger partial charge in [-0.1, -0.05) is 0 Å². The minimum absolute atomic E-state index is 0.00794. The summed E-state index contributed by atoms with van der Waals surface area (Å²) in [6.45, 7) is 4.44. The van der Waals surface area contributed by atoms with E-state index in [0.717, 1.165) is 89.8 Å². The van der Waals surface area contributed by atoms with Gasteiger partial charge in [-0.3, -0.25) is 9.36 Å². The maximum Gasteiger partial charge on any atom is 0.251 e. The predicted octanol–water partition coefficient (Wildman–Crippen LogP) is 6.59. The number of hydrogen-bond donors (Lipinski definition) is 2. The first-order chi connectivity index (χ1) is 20.0. The van der Waals surface area contributed by atoms with Crippen molar-refractivity contribution in [2.75, 3.05) is 38.4 Å². The number of nitrogens with zero attached hydrogens (tertiary/aromatic N) is 2. The van der Waals surface area contributed by atoms with Crippen molar-refractivity contribution in [1.82, 2.24) is 14.9 Å². The van der Waals surface area contributed by atoms with Gasteiger partial charge in [0.2, 0.25) is 0 Å². The number of benzene rings is 3. The van der Waals surface area contributed by atoms with Gasteiger partial charge < -0.3 is 24.8 Å². The van der Waals surface area contributed by atoms with E-state index in [-0.39, 0.29) is 5.91 Å². The van der Waals surface area contributed by atoms with Gasteiger partial charge in [0.15, 0.2) is 0 Å². The second-order valence-corrected chi connectivity index (χ2v) is 11.6. The fourth-order valence-corrected chi connectivity index (χ4v) is 5.84. The molecule has 1 aromatic heterocycles. The summed E-state index contributed by atoms with van der Waals surface area (Å²) >= 11 is 1.62. The van der Waals surface area contributed by atoms with Crippen molar-refractivity contribution < 1.29 is 19.0 Å². The molecule has 1 saturated carbocycles. The van der Waals surface area contributed by atoms with Crippen LogP contribution < -0.4 is 20.1 Å². The topological polar surface area (TPSA) is 86.6 Å². The third-order valence-corrected chi connectivity index (χ3v) is 8.54. The van der Waals surface area contributed by atoms with Crippen molar-refractivity contribution in [3.63, 3.8) is 0 Å². The molecule has 1 amide bonds. The molecule has 1 saturated heterocycles. The van der Waals surface area contributed by atoms with E-state index in [2.05, 4.69) is 15.2 Å².